The molecule has 1 aliphatic heterocycles. The Morgan fingerprint density at radius 3 is 2.43 bits per heavy atom. The number of nitrogens with one attached hydrogen (secondary N) is 1. The van der Waals surface area contributed by atoms with Gasteiger partial charge < -0.3 is 5.73 Å². The van der Waals surface area contributed by atoms with Gasteiger partial charge >= 0.3 is 5.69 Å². The highest BCUT2D eigenvalue weighted by molar-refractivity contribution is 6.01. The van der Waals surface area contributed by atoms with Crippen LogP contribution in [0.25, 0.3) is 0 Å². The Kier molecular flexibility index (Phi) is 5.41. The minimum absolute atomic E-state index is 0.0243. The number of aromatic amines is 1. The first-order valence-electron chi connectivity index (χ1n) is 8.21. The van der Waals surface area contributed by atoms with Gasteiger partial charge in [0.05, 0.1) is 6.54 Å². The molecule has 1 aromatic rings. The number of nitrogen functional groups attached to an aromatic ring is 1. The predicted octanol–water partition coefficient (Wildman–Crippen LogP) is 0.689. The minimum atomic E-state index is -0.692. The highest BCUT2D eigenvalue weighted by Crippen LogP contribution is 2.21. The predicted molar refractivity (Wildman–Crippen MR) is 89.7 cm³/mol. The van der Waals surface area contributed by atoms with Crippen LogP contribution in [0.3, 0.4) is 0 Å². The maximum atomic E-state index is 12.6. The van der Waals surface area contributed by atoms with Crippen LogP contribution in [0.2, 0.25) is 0 Å². The average Bonchev–Trinajstić information content (AvgIpc) is 2.41. The summed E-state index contributed by atoms with van der Waals surface area (Å²) < 4.78 is 1.26. The number of hydrogen-bond donors (Lipinski definition) is 2. The summed E-state index contributed by atoms with van der Waals surface area (Å²) in [5.74, 6) is 0.700. The summed E-state index contributed by atoms with van der Waals surface area (Å²) in [5.41, 5.74) is 4.59. The quantitative estimate of drug-likeness (QED) is 0.777. The summed E-state index contributed by atoms with van der Waals surface area (Å²) in [6.45, 7) is 8.43. The largest absolute Gasteiger partial charge is 0.384 e. The van der Waals surface area contributed by atoms with Gasteiger partial charge in [-0.15, -0.1) is 0 Å². The Morgan fingerprint density at radius 1 is 1.26 bits per heavy atom. The van der Waals surface area contributed by atoms with Gasteiger partial charge in [-0.05, 0) is 24.7 Å². The molecule has 2 atom stereocenters. The second kappa shape index (κ2) is 7.12. The van der Waals surface area contributed by atoms with E-state index in [4.69, 9.17) is 5.73 Å². The lowest BCUT2D eigenvalue weighted by Gasteiger charge is -2.34. The molecule has 128 valence electrons. The summed E-state index contributed by atoms with van der Waals surface area (Å²) in [4.78, 5) is 40.7. The Hall–Kier alpha value is -1.89. The maximum Gasteiger partial charge on any atom is 0.329 e. The molecular formula is C16H26N4O3. The fourth-order valence-electron chi connectivity index (χ4n) is 3.51. The van der Waals surface area contributed by atoms with Crippen LogP contribution in [0, 0.1) is 11.8 Å². The molecule has 1 aliphatic rings. The molecular weight excluding hydrogens is 296 g/mol. The molecule has 23 heavy (non-hydrogen) atoms. The van der Waals surface area contributed by atoms with Gasteiger partial charge in [0.25, 0.3) is 5.56 Å². The van der Waals surface area contributed by atoms with Gasteiger partial charge in [-0.1, -0.05) is 20.8 Å². The fourth-order valence-corrected chi connectivity index (χ4v) is 3.51. The normalized spacial score (nSPS) is 22.2. The molecule has 0 spiro atoms. The molecule has 2 rings (SSSR count). The molecule has 2 heterocycles. The number of H-pyrrole nitrogens is 1. The third kappa shape index (κ3) is 3.90. The number of nitrogens with two attached hydrogens (primary N) is 1. The monoisotopic (exact) mass is 322 g/mol. The second-order valence-electron chi connectivity index (χ2n) is 6.73. The number of hydrogen-bond acceptors (Lipinski definition) is 5. The fraction of sp³-hybridized carbons (Fsp3) is 0.688. The number of rotatable bonds is 5. The lowest BCUT2D eigenvalue weighted by atomic mass is 9.91. The smallest absolute Gasteiger partial charge is 0.329 e. The molecule has 7 nitrogen and oxygen atoms in total. The van der Waals surface area contributed by atoms with Gasteiger partial charge in [-0.3, -0.25) is 24.0 Å². The van der Waals surface area contributed by atoms with E-state index in [0.29, 0.717) is 24.8 Å². The van der Waals surface area contributed by atoms with Crippen molar-refractivity contribution < 1.29 is 4.79 Å². The number of piperidine rings is 1. The molecule has 7 heteroatoms. The molecule has 0 radical (unpaired) electrons. The van der Waals surface area contributed by atoms with Gasteiger partial charge in [-0.2, -0.15) is 0 Å². The molecule has 0 amide bonds. The summed E-state index contributed by atoms with van der Waals surface area (Å²) in [6.07, 6.45) is 1.83. The highest BCUT2D eigenvalue weighted by Gasteiger charge is 2.26. The van der Waals surface area contributed by atoms with Crippen LogP contribution in [-0.2, 0) is 6.54 Å². The van der Waals surface area contributed by atoms with E-state index in [2.05, 4.69) is 23.7 Å². The lowest BCUT2D eigenvalue weighted by molar-refractivity contribution is 0.0848. The Bertz CT molecular complexity index is 682. The number of carbonyl (C=O) groups excluding carboxylic acids is 1. The van der Waals surface area contributed by atoms with Crippen LogP contribution in [0.15, 0.2) is 9.59 Å². The van der Waals surface area contributed by atoms with E-state index in [-0.39, 0.29) is 23.7 Å². The first-order valence-corrected chi connectivity index (χ1v) is 8.21. The standard InChI is InChI=1S/C16H26N4O3/c1-4-5-20-14(17)13(15(22)18-16(20)23)12(21)9-19-7-10(2)6-11(3)8-19/h10-11H,4-9,17H2,1-3H3,(H,18,22,23)/t10-,11+. The van der Waals surface area contributed by atoms with Gasteiger partial charge in [0.2, 0.25) is 0 Å². The van der Waals surface area contributed by atoms with E-state index >= 15 is 0 Å². The van der Waals surface area contributed by atoms with Gasteiger partial charge in [0.1, 0.15) is 11.4 Å². The zero-order chi connectivity index (χ0) is 17.1. The zero-order valence-corrected chi connectivity index (χ0v) is 14.1. The van der Waals surface area contributed by atoms with Crippen LogP contribution >= 0.6 is 0 Å². The number of anilines is 1. The van der Waals surface area contributed by atoms with Crippen LogP contribution in [0.4, 0.5) is 5.82 Å². The molecule has 1 fully saturated rings. The molecule has 0 aromatic carbocycles. The lowest BCUT2D eigenvalue weighted by Crippen LogP contribution is -2.43. The molecule has 1 saturated heterocycles. The molecule has 1 aromatic heterocycles. The van der Waals surface area contributed by atoms with Crippen LogP contribution in [0.1, 0.15) is 44.0 Å². The molecule has 0 unspecified atom stereocenters. The number of aromatic nitrogens is 2. The number of nitrogens with zero attached hydrogens (tertiary/aromatic N) is 2. The Morgan fingerprint density at radius 2 is 1.87 bits per heavy atom. The molecule has 0 aliphatic carbocycles. The van der Waals surface area contributed by atoms with Crippen LogP contribution in [0.5, 0.6) is 0 Å². The molecule has 0 saturated carbocycles. The van der Waals surface area contributed by atoms with Crippen molar-refractivity contribution in [3.8, 4) is 0 Å². The van der Waals surface area contributed by atoms with Gasteiger partial charge in [0, 0.05) is 19.6 Å². The third-order valence-corrected chi connectivity index (χ3v) is 4.28. The Balaban J connectivity index is 2.27. The average molecular weight is 322 g/mol. The summed E-state index contributed by atoms with van der Waals surface area (Å²) in [5, 5.41) is 0. The summed E-state index contributed by atoms with van der Waals surface area (Å²) >= 11 is 0. The SMILES string of the molecule is CCCn1c(N)c(C(=O)CN2C[C@H](C)C[C@H](C)C2)c(=O)[nH]c1=O. The zero-order valence-electron chi connectivity index (χ0n) is 14.1. The first kappa shape index (κ1) is 17.5. The molecule has 3 N–H and O–H groups in total. The summed E-state index contributed by atoms with van der Waals surface area (Å²) in [7, 11) is 0. The van der Waals surface area contributed by atoms with E-state index in [1.807, 2.05) is 6.92 Å². The maximum absolute atomic E-state index is 12.6. The number of carbonyl (C=O) groups is 1. The Labute approximate surface area is 135 Å². The van der Waals surface area contributed by atoms with E-state index < -0.39 is 11.2 Å². The van der Waals surface area contributed by atoms with Crippen LogP contribution in [-0.4, -0.2) is 39.9 Å². The van der Waals surface area contributed by atoms with E-state index in [0.717, 1.165) is 19.5 Å². The van der Waals surface area contributed by atoms with Crippen molar-refractivity contribution in [3.05, 3.63) is 26.4 Å². The second-order valence-corrected chi connectivity index (χ2v) is 6.73. The first-order chi connectivity index (χ1) is 10.8. The van der Waals surface area contributed by atoms with Crippen molar-refractivity contribution in [2.24, 2.45) is 11.8 Å². The van der Waals surface area contributed by atoms with Crippen molar-refractivity contribution in [1.29, 1.82) is 0 Å². The van der Waals surface area contributed by atoms with Crippen molar-refractivity contribution in [3.63, 3.8) is 0 Å². The van der Waals surface area contributed by atoms with Crippen LogP contribution < -0.4 is 17.0 Å². The number of ketones is 1. The van der Waals surface area contributed by atoms with E-state index in [1.54, 1.807) is 0 Å². The van der Waals surface area contributed by atoms with Crippen molar-refractivity contribution >= 4 is 11.6 Å². The third-order valence-electron chi connectivity index (χ3n) is 4.28. The molecule has 0 bridgehead atoms. The van der Waals surface area contributed by atoms with E-state index in [1.165, 1.54) is 4.57 Å². The van der Waals surface area contributed by atoms with Gasteiger partial charge in [-0.25, -0.2) is 4.79 Å². The van der Waals surface area contributed by atoms with Crippen molar-refractivity contribution in [1.82, 2.24) is 14.5 Å². The highest BCUT2D eigenvalue weighted by atomic mass is 16.2. The van der Waals surface area contributed by atoms with Gasteiger partial charge in [0.15, 0.2) is 5.78 Å². The summed E-state index contributed by atoms with van der Waals surface area (Å²) in [6, 6.07) is 0. The topological polar surface area (TPSA) is 101 Å². The van der Waals surface area contributed by atoms with Crippen molar-refractivity contribution in [2.75, 3.05) is 25.4 Å². The minimum Gasteiger partial charge on any atom is -0.384 e. The van der Waals surface area contributed by atoms with E-state index in [9.17, 15) is 14.4 Å². The number of likely N-dealkylation sites (tertiary alicyclic amines) is 1. The number of Topliss-reactive ketones (excluding diaryl/α,β-unsaturated/α-hetero) is 1. The van der Waals surface area contributed by atoms with Crippen molar-refractivity contribution in [2.45, 2.75) is 40.2 Å².